The number of fused-ring (bicyclic) bond motifs is 1. The van der Waals surface area contributed by atoms with E-state index in [1.165, 1.54) is 4.57 Å². The van der Waals surface area contributed by atoms with Gasteiger partial charge in [0.2, 0.25) is 11.8 Å². The van der Waals surface area contributed by atoms with Gasteiger partial charge in [0, 0.05) is 37.4 Å². The van der Waals surface area contributed by atoms with Gasteiger partial charge >= 0.3 is 0 Å². The van der Waals surface area contributed by atoms with Gasteiger partial charge in [-0.1, -0.05) is 0 Å². The second-order valence-corrected chi connectivity index (χ2v) is 5.93. The molecule has 26 heavy (non-hydrogen) atoms. The van der Waals surface area contributed by atoms with Crippen LogP contribution in [0.15, 0.2) is 36.7 Å². The molecule has 0 amide bonds. The van der Waals surface area contributed by atoms with Crippen molar-refractivity contribution in [2.24, 2.45) is 7.05 Å². The zero-order valence-electron chi connectivity index (χ0n) is 14.2. The smallest absolute Gasteiger partial charge is 0.228 e. The Bertz CT molecular complexity index is 1040. The van der Waals surface area contributed by atoms with Crippen LogP contribution in [0.3, 0.4) is 0 Å². The lowest BCUT2D eigenvalue weighted by molar-refractivity contribution is 0.304. The molecular weight excluding hydrogens is 332 g/mol. The maximum atomic E-state index is 8.28. The van der Waals surface area contributed by atoms with Crippen molar-refractivity contribution in [3.05, 3.63) is 42.1 Å². The fourth-order valence-corrected chi connectivity index (χ4v) is 2.82. The van der Waals surface area contributed by atoms with E-state index in [-0.39, 0.29) is 5.49 Å². The highest BCUT2D eigenvalue weighted by atomic mass is 16.5. The summed E-state index contributed by atoms with van der Waals surface area (Å²) in [6.45, 7) is 0.530. The Morgan fingerprint density at radius 2 is 2.08 bits per heavy atom. The Morgan fingerprint density at radius 1 is 1.19 bits per heavy atom. The Labute approximate surface area is 149 Å². The van der Waals surface area contributed by atoms with Crippen molar-refractivity contribution in [3.8, 4) is 17.1 Å². The minimum atomic E-state index is 0.198. The van der Waals surface area contributed by atoms with Crippen LogP contribution in [0, 0.1) is 10.8 Å². The molecule has 9 heteroatoms. The first-order valence-electron chi connectivity index (χ1n) is 8.22. The molecule has 1 aliphatic rings. The molecule has 4 heterocycles. The number of aryl methyl sites for hydroxylation is 1. The minimum absolute atomic E-state index is 0.198. The summed E-state index contributed by atoms with van der Waals surface area (Å²) < 4.78 is 8.94. The SMILES string of the molecule is Cn1nccc1Nc1nccc(-c2cc3n(c(=N)c2)C(=N)CCCO3)n1. The van der Waals surface area contributed by atoms with E-state index in [9.17, 15) is 0 Å². The fraction of sp³-hybridized carbons (Fsp3) is 0.235. The number of aromatic nitrogens is 5. The fourth-order valence-electron chi connectivity index (χ4n) is 2.82. The van der Waals surface area contributed by atoms with Gasteiger partial charge in [0.1, 0.15) is 17.1 Å². The normalized spacial score (nSPS) is 13.7. The average Bonchev–Trinajstić information content (AvgIpc) is 2.92. The van der Waals surface area contributed by atoms with Gasteiger partial charge < -0.3 is 10.1 Å². The molecule has 3 N–H and O–H groups in total. The van der Waals surface area contributed by atoms with Crippen LogP contribution >= 0.6 is 0 Å². The third kappa shape index (κ3) is 2.94. The predicted octanol–water partition coefficient (Wildman–Crippen LogP) is 1.90. The first-order valence-corrected chi connectivity index (χ1v) is 8.22. The molecule has 0 aromatic carbocycles. The van der Waals surface area contributed by atoms with Crippen molar-refractivity contribution in [1.82, 2.24) is 24.3 Å². The van der Waals surface area contributed by atoms with Gasteiger partial charge in [-0.05, 0) is 18.6 Å². The Hall–Kier alpha value is -3.49. The third-order valence-electron chi connectivity index (χ3n) is 4.12. The molecule has 0 spiro atoms. The van der Waals surface area contributed by atoms with Crippen LogP contribution in [0.5, 0.6) is 5.88 Å². The standard InChI is InChI=1S/C17H18N8O/c1-24-15(5-7-21-24)23-17-20-6-4-12(22-17)11-9-14(19)25-13(18)3-2-8-26-16(25)10-11/h4-7,9-10,18-19H,2-3,8H2,1H3,(H,20,22,23). The average molecular weight is 350 g/mol. The van der Waals surface area contributed by atoms with Crippen molar-refractivity contribution in [3.63, 3.8) is 0 Å². The lowest BCUT2D eigenvalue weighted by Gasteiger charge is -2.13. The maximum absolute atomic E-state index is 8.28. The summed E-state index contributed by atoms with van der Waals surface area (Å²) in [7, 11) is 1.83. The summed E-state index contributed by atoms with van der Waals surface area (Å²) in [5.41, 5.74) is 1.61. The van der Waals surface area contributed by atoms with Crippen molar-refractivity contribution in [1.29, 1.82) is 10.8 Å². The van der Waals surface area contributed by atoms with Crippen LogP contribution < -0.4 is 15.5 Å². The molecule has 0 aliphatic carbocycles. The lowest BCUT2D eigenvalue weighted by Crippen LogP contribution is -2.26. The zero-order valence-corrected chi connectivity index (χ0v) is 14.2. The molecule has 1 aliphatic heterocycles. The number of hydrogen-bond acceptors (Lipinski definition) is 7. The summed E-state index contributed by atoms with van der Waals surface area (Å²) in [6, 6.07) is 7.11. The van der Waals surface area contributed by atoms with E-state index in [0.29, 0.717) is 36.4 Å². The first kappa shape index (κ1) is 16.0. The van der Waals surface area contributed by atoms with E-state index in [1.807, 2.05) is 19.2 Å². The lowest BCUT2D eigenvalue weighted by atomic mass is 10.2. The van der Waals surface area contributed by atoms with Crippen LogP contribution in [0.25, 0.3) is 11.3 Å². The summed E-state index contributed by atoms with van der Waals surface area (Å²) in [5.74, 6) is 2.08. The number of hydrogen-bond donors (Lipinski definition) is 3. The van der Waals surface area contributed by atoms with E-state index in [0.717, 1.165) is 17.8 Å². The second-order valence-electron chi connectivity index (χ2n) is 5.93. The summed E-state index contributed by atoms with van der Waals surface area (Å²) in [5, 5.41) is 23.6. The van der Waals surface area contributed by atoms with Crippen LogP contribution in [-0.2, 0) is 7.05 Å². The molecule has 0 saturated carbocycles. The van der Waals surface area contributed by atoms with Crippen molar-refractivity contribution >= 4 is 17.6 Å². The predicted molar refractivity (Wildman–Crippen MR) is 95.7 cm³/mol. The molecule has 0 bridgehead atoms. The highest BCUT2D eigenvalue weighted by molar-refractivity contribution is 5.83. The zero-order chi connectivity index (χ0) is 18.1. The van der Waals surface area contributed by atoms with Gasteiger partial charge in [-0.25, -0.2) is 9.97 Å². The summed E-state index contributed by atoms with van der Waals surface area (Å²) in [6.07, 6.45) is 4.71. The number of rotatable bonds is 3. The largest absolute Gasteiger partial charge is 0.478 e. The first-order chi connectivity index (χ1) is 12.6. The van der Waals surface area contributed by atoms with Crippen LogP contribution in [0.4, 0.5) is 11.8 Å². The second kappa shape index (κ2) is 6.43. The molecule has 0 saturated heterocycles. The summed E-state index contributed by atoms with van der Waals surface area (Å²) >= 11 is 0. The minimum Gasteiger partial charge on any atom is -0.478 e. The van der Waals surface area contributed by atoms with Gasteiger partial charge in [-0.2, -0.15) is 5.10 Å². The highest BCUT2D eigenvalue weighted by Crippen LogP contribution is 2.23. The number of anilines is 2. The van der Waals surface area contributed by atoms with Gasteiger partial charge in [0.05, 0.1) is 18.5 Å². The van der Waals surface area contributed by atoms with Crippen molar-refractivity contribution < 1.29 is 4.74 Å². The number of ether oxygens (including phenoxy) is 1. The quantitative estimate of drug-likeness (QED) is 0.667. The maximum Gasteiger partial charge on any atom is 0.228 e. The molecule has 0 unspecified atom stereocenters. The number of pyridine rings is 1. The monoisotopic (exact) mass is 350 g/mol. The molecule has 132 valence electrons. The Morgan fingerprint density at radius 3 is 2.88 bits per heavy atom. The highest BCUT2D eigenvalue weighted by Gasteiger charge is 2.15. The van der Waals surface area contributed by atoms with E-state index in [2.05, 4.69) is 20.4 Å². The topological polar surface area (TPSA) is 117 Å². The third-order valence-corrected chi connectivity index (χ3v) is 4.12. The van der Waals surface area contributed by atoms with Gasteiger partial charge in [0.25, 0.3) is 0 Å². The molecule has 9 nitrogen and oxygen atoms in total. The Kier molecular flexibility index (Phi) is 3.96. The van der Waals surface area contributed by atoms with Crippen LogP contribution in [0.1, 0.15) is 12.8 Å². The van der Waals surface area contributed by atoms with Gasteiger partial charge in [-0.3, -0.25) is 20.1 Å². The molecule has 0 radical (unpaired) electrons. The van der Waals surface area contributed by atoms with Crippen LogP contribution in [-0.4, -0.2) is 36.8 Å². The molecule has 0 fully saturated rings. The molecule has 3 aromatic rings. The van der Waals surface area contributed by atoms with Gasteiger partial charge in [-0.15, -0.1) is 0 Å². The van der Waals surface area contributed by atoms with E-state index < -0.39 is 0 Å². The number of nitrogens with zero attached hydrogens (tertiary/aromatic N) is 5. The van der Waals surface area contributed by atoms with Crippen molar-refractivity contribution in [2.75, 3.05) is 11.9 Å². The Balaban J connectivity index is 1.72. The molecule has 3 aromatic heterocycles. The van der Waals surface area contributed by atoms with Crippen molar-refractivity contribution in [2.45, 2.75) is 12.8 Å². The van der Waals surface area contributed by atoms with E-state index in [1.54, 1.807) is 29.2 Å². The van der Waals surface area contributed by atoms with E-state index >= 15 is 0 Å². The van der Waals surface area contributed by atoms with E-state index in [4.69, 9.17) is 15.6 Å². The van der Waals surface area contributed by atoms with Gasteiger partial charge in [0.15, 0.2) is 0 Å². The van der Waals surface area contributed by atoms with Crippen LogP contribution in [0.2, 0.25) is 0 Å². The molecule has 0 atom stereocenters. The number of nitrogens with one attached hydrogen (secondary N) is 3. The molecule has 4 rings (SSSR count). The molecular formula is C17H18N8O. The summed E-state index contributed by atoms with van der Waals surface area (Å²) in [4.78, 5) is 8.76.